The van der Waals surface area contributed by atoms with E-state index in [0.717, 1.165) is 12.2 Å². The molecule has 0 saturated carbocycles. The predicted octanol–water partition coefficient (Wildman–Crippen LogP) is 3.21. The maximum absolute atomic E-state index is 5.27. The lowest BCUT2D eigenvalue weighted by Crippen LogP contribution is -1.95. The van der Waals surface area contributed by atoms with Crippen LogP contribution in [-0.2, 0) is 0 Å². The van der Waals surface area contributed by atoms with E-state index in [-0.39, 0.29) is 0 Å². The minimum Gasteiger partial charge on any atom is -0.496 e. The molecule has 0 N–H and O–H groups in total. The van der Waals surface area contributed by atoms with Crippen molar-refractivity contribution < 1.29 is 4.74 Å². The highest BCUT2D eigenvalue weighted by Gasteiger charge is 2.07. The van der Waals surface area contributed by atoms with E-state index < -0.39 is 0 Å². The van der Waals surface area contributed by atoms with Crippen LogP contribution in [0.2, 0.25) is 0 Å². The van der Waals surface area contributed by atoms with Gasteiger partial charge in [0.25, 0.3) is 0 Å². The van der Waals surface area contributed by atoms with Gasteiger partial charge in [0.05, 0.1) is 7.11 Å². The van der Waals surface area contributed by atoms with Gasteiger partial charge in [0.2, 0.25) is 0 Å². The summed E-state index contributed by atoms with van der Waals surface area (Å²) in [5, 5.41) is 0. The number of hydrogen-bond donors (Lipinski definition) is 0. The number of rotatable bonds is 3. The van der Waals surface area contributed by atoms with Gasteiger partial charge < -0.3 is 4.74 Å². The van der Waals surface area contributed by atoms with Gasteiger partial charge in [-0.1, -0.05) is 32.0 Å². The zero-order valence-corrected chi connectivity index (χ0v) is 8.00. The molecular formula is C11H16O. The van der Waals surface area contributed by atoms with Crippen molar-refractivity contribution in [1.82, 2.24) is 0 Å². The Kier molecular flexibility index (Phi) is 3.15. The Morgan fingerprint density at radius 1 is 1.33 bits per heavy atom. The highest BCUT2D eigenvalue weighted by atomic mass is 16.5. The Labute approximate surface area is 74.4 Å². The summed E-state index contributed by atoms with van der Waals surface area (Å²) >= 11 is 0. The van der Waals surface area contributed by atoms with Crippen LogP contribution in [0.15, 0.2) is 24.3 Å². The Morgan fingerprint density at radius 2 is 2.00 bits per heavy atom. The third-order valence-electron chi connectivity index (χ3n) is 2.28. The van der Waals surface area contributed by atoms with Crippen LogP contribution in [0, 0.1) is 0 Å². The van der Waals surface area contributed by atoms with Crippen LogP contribution in [0.25, 0.3) is 0 Å². The van der Waals surface area contributed by atoms with Crippen molar-refractivity contribution in [3.05, 3.63) is 29.8 Å². The molecule has 1 aromatic carbocycles. The van der Waals surface area contributed by atoms with Crippen molar-refractivity contribution in [2.75, 3.05) is 7.11 Å². The van der Waals surface area contributed by atoms with Crippen molar-refractivity contribution in [1.29, 1.82) is 0 Å². The van der Waals surface area contributed by atoms with Crippen LogP contribution in [0.4, 0.5) is 0 Å². The molecule has 0 aliphatic carbocycles. The molecule has 1 unspecified atom stereocenters. The van der Waals surface area contributed by atoms with Crippen LogP contribution in [0.1, 0.15) is 31.7 Å². The van der Waals surface area contributed by atoms with Crippen molar-refractivity contribution in [3.63, 3.8) is 0 Å². The number of benzene rings is 1. The zero-order chi connectivity index (χ0) is 8.97. The number of para-hydroxylation sites is 1. The lowest BCUT2D eigenvalue weighted by molar-refractivity contribution is 0.406. The third kappa shape index (κ3) is 1.79. The summed E-state index contributed by atoms with van der Waals surface area (Å²) < 4.78 is 5.27. The first-order chi connectivity index (χ1) is 5.79. The monoisotopic (exact) mass is 164 g/mol. The zero-order valence-electron chi connectivity index (χ0n) is 8.00. The van der Waals surface area contributed by atoms with E-state index in [4.69, 9.17) is 4.74 Å². The van der Waals surface area contributed by atoms with Gasteiger partial charge in [0, 0.05) is 0 Å². The molecule has 1 nitrogen and oxygen atoms in total. The summed E-state index contributed by atoms with van der Waals surface area (Å²) in [5.41, 5.74) is 1.31. The van der Waals surface area contributed by atoms with Crippen LogP contribution in [0.5, 0.6) is 5.75 Å². The van der Waals surface area contributed by atoms with E-state index in [0.29, 0.717) is 5.92 Å². The molecule has 1 aromatic rings. The van der Waals surface area contributed by atoms with E-state index >= 15 is 0 Å². The molecular weight excluding hydrogens is 148 g/mol. The fourth-order valence-electron chi connectivity index (χ4n) is 1.29. The van der Waals surface area contributed by atoms with Crippen molar-refractivity contribution >= 4 is 0 Å². The molecule has 0 spiro atoms. The molecule has 0 amide bonds. The Hall–Kier alpha value is -0.980. The molecule has 12 heavy (non-hydrogen) atoms. The van der Waals surface area contributed by atoms with Gasteiger partial charge in [-0.3, -0.25) is 0 Å². The van der Waals surface area contributed by atoms with Gasteiger partial charge in [-0.2, -0.15) is 0 Å². The Balaban J connectivity index is 2.96. The highest BCUT2D eigenvalue weighted by Crippen LogP contribution is 2.27. The average molecular weight is 164 g/mol. The first kappa shape index (κ1) is 9.11. The summed E-state index contributed by atoms with van der Waals surface area (Å²) in [6.45, 7) is 4.41. The van der Waals surface area contributed by atoms with Crippen molar-refractivity contribution in [3.8, 4) is 5.75 Å². The highest BCUT2D eigenvalue weighted by molar-refractivity contribution is 5.35. The van der Waals surface area contributed by atoms with E-state index in [9.17, 15) is 0 Å². The Bertz CT molecular complexity index is 243. The van der Waals surface area contributed by atoms with Gasteiger partial charge in [-0.25, -0.2) is 0 Å². The predicted molar refractivity (Wildman–Crippen MR) is 51.7 cm³/mol. The molecule has 0 saturated heterocycles. The second kappa shape index (κ2) is 4.15. The first-order valence-corrected chi connectivity index (χ1v) is 4.42. The topological polar surface area (TPSA) is 9.23 Å². The molecule has 1 heteroatoms. The number of methoxy groups -OCH3 is 1. The number of hydrogen-bond acceptors (Lipinski definition) is 1. The Morgan fingerprint density at radius 3 is 2.58 bits per heavy atom. The van der Waals surface area contributed by atoms with Gasteiger partial charge in [-0.15, -0.1) is 0 Å². The molecule has 0 heterocycles. The van der Waals surface area contributed by atoms with E-state index in [1.165, 1.54) is 5.56 Å². The lowest BCUT2D eigenvalue weighted by atomic mass is 9.98. The normalized spacial score (nSPS) is 12.6. The maximum atomic E-state index is 5.27. The van der Waals surface area contributed by atoms with Crippen molar-refractivity contribution in [2.45, 2.75) is 26.2 Å². The third-order valence-corrected chi connectivity index (χ3v) is 2.28. The fraction of sp³-hybridized carbons (Fsp3) is 0.455. The largest absolute Gasteiger partial charge is 0.496 e. The van der Waals surface area contributed by atoms with Crippen LogP contribution in [-0.4, -0.2) is 7.11 Å². The van der Waals surface area contributed by atoms with E-state index in [1.54, 1.807) is 7.11 Å². The van der Waals surface area contributed by atoms with Crippen LogP contribution < -0.4 is 4.74 Å². The van der Waals surface area contributed by atoms with Gasteiger partial charge in [0.1, 0.15) is 5.75 Å². The molecule has 0 fully saturated rings. The van der Waals surface area contributed by atoms with Crippen LogP contribution in [0.3, 0.4) is 0 Å². The van der Waals surface area contributed by atoms with Gasteiger partial charge in [0.15, 0.2) is 0 Å². The fourth-order valence-corrected chi connectivity index (χ4v) is 1.29. The summed E-state index contributed by atoms with van der Waals surface area (Å²) in [7, 11) is 1.72. The van der Waals surface area contributed by atoms with Crippen molar-refractivity contribution in [2.24, 2.45) is 0 Å². The quantitative estimate of drug-likeness (QED) is 0.666. The molecule has 1 rings (SSSR count). The molecule has 0 aromatic heterocycles. The van der Waals surface area contributed by atoms with Crippen LogP contribution >= 0.6 is 0 Å². The summed E-state index contributed by atoms with van der Waals surface area (Å²) in [6, 6.07) is 8.21. The van der Waals surface area contributed by atoms with E-state index in [1.807, 2.05) is 12.1 Å². The van der Waals surface area contributed by atoms with E-state index in [2.05, 4.69) is 26.0 Å². The van der Waals surface area contributed by atoms with Gasteiger partial charge >= 0.3 is 0 Å². The molecule has 1 atom stereocenters. The smallest absolute Gasteiger partial charge is 0.122 e. The molecule has 0 aliphatic rings. The summed E-state index contributed by atoms with van der Waals surface area (Å²) in [6.07, 6.45) is 1.15. The summed E-state index contributed by atoms with van der Waals surface area (Å²) in [5.74, 6) is 1.59. The minimum absolute atomic E-state index is 0.584. The number of ether oxygens (including phenoxy) is 1. The summed E-state index contributed by atoms with van der Waals surface area (Å²) in [4.78, 5) is 0. The molecule has 0 radical (unpaired) electrons. The molecule has 0 aliphatic heterocycles. The second-order valence-electron chi connectivity index (χ2n) is 3.05. The standard InChI is InChI=1S/C11H16O/c1-4-9(2)10-7-5-6-8-11(10)12-3/h5-9H,4H2,1-3H3. The second-order valence-corrected chi connectivity index (χ2v) is 3.05. The van der Waals surface area contributed by atoms with Gasteiger partial charge in [-0.05, 0) is 24.0 Å². The minimum atomic E-state index is 0.584. The SMILES string of the molecule is CCC(C)c1ccccc1OC. The maximum Gasteiger partial charge on any atom is 0.122 e. The first-order valence-electron chi connectivity index (χ1n) is 4.42. The average Bonchev–Trinajstić information content (AvgIpc) is 2.16. The lowest BCUT2D eigenvalue weighted by Gasteiger charge is -2.12. The molecule has 66 valence electrons. The molecule has 0 bridgehead atoms.